The fourth-order valence-corrected chi connectivity index (χ4v) is 3.28. The first-order chi connectivity index (χ1) is 13.1. The Bertz CT molecular complexity index is 807. The molecular formula is C21H26N4O2. The minimum atomic E-state index is -0.331. The lowest BCUT2D eigenvalue weighted by molar-refractivity contribution is 0.0698. The Kier molecular flexibility index (Phi) is 6.08. The summed E-state index contributed by atoms with van der Waals surface area (Å²) in [5.74, 6) is 0.00136. The van der Waals surface area contributed by atoms with Crippen LogP contribution in [0.15, 0.2) is 48.5 Å². The van der Waals surface area contributed by atoms with Gasteiger partial charge in [-0.1, -0.05) is 24.3 Å². The van der Waals surface area contributed by atoms with Crippen LogP contribution in [0.25, 0.3) is 0 Å². The lowest BCUT2D eigenvalue weighted by atomic mass is 10.0. The fourth-order valence-electron chi connectivity index (χ4n) is 3.28. The van der Waals surface area contributed by atoms with Crippen molar-refractivity contribution in [2.75, 3.05) is 30.8 Å². The quantitative estimate of drug-likeness (QED) is 0.776. The largest absolute Gasteiger partial charge is 0.337 e. The molecule has 6 nitrogen and oxygen atoms in total. The number of amides is 3. The highest BCUT2D eigenvalue weighted by Gasteiger charge is 2.24. The van der Waals surface area contributed by atoms with E-state index in [0.29, 0.717) is 29.5 Å². The number of likely N-dealkylation sites (tertiary alicyclic amines) is 1. The molecule has 0 aromatic heterocycles. The Morgan fingerprint density at radius 1 is 1.07 bits per heavy atom. The van der Waals surface area contributed by atoms with Crippen molar-refractivity contribution in [2.24, 2.45) is 0 Å². The van der Waals surface area contributed by atoms with E-state index < -0.39 is 0 Å². The smallest absolute Gasteiger partial charge is 0.323 e. The zero-order valence-corrected chi connectivity index (χ0v) is 15.8. The highest BCUT2D eigenvalue weighted by molar-refractivity contribution is 6.02. The van der Waals surface area contributed by atoms with Gasteiger partial charge in [-0.2, -0.15) is 0 Å². The summed E-state index contributed by atoms with van der Waals surface area (Å²) in [6, 6.07) is 14.7. The van der Waals surface area contributed by atoms with Gasteiger partial charge >= 0.3 is 6.03 Å². The van der Waals surface area contributed by atoms with Crippen LogP contribution in [0.1, 0.15) is 28.8 Å². The summed E-state index contributed by atoms with van der Waals surface area (Å²) in [5, 5.41) is 8.88. The Morgan fingerprint density at radius 3 is 2.59 bits per heavy atom. The summed E-state index contributed by atoms with van der Waals surface area (Å²) in [4.78, 5) is 27.0. The first-order valence-electron chi connectivity index (χ1n) is 9.27. The minimum Gasteiger partial charge on any atom is -0.337 e. The number of aryl methyl sites for hydroxylation is 1. The summed E-state index contributed by atoms with van der Waals surface area (Å²) in [6.07, 6.45) is 2.08. The van der Waals surface area contributed by atoms with Gasteiger partial charge in [0.05, 0.1) is 0 Å². The zero-order chi connectivity index (χ0) is 19.2. The van der Waals surface area contributed by atoms with Crippen LogP contribution >= 0.6 is 0 Å². The third-order valence-electron chi connectivity index (χ3n) is 4.88. The number of likely N-dealkylation sites (N-methyl/N-ethyl adjacent to an activating group) is 1. The number of hydrogen-bond acceptors (Lipinski definition) is 3. The van der Waals surface area contributed by atoms with Gasteiger partial charge in [0.25, 0.3) is 5.91 Å². The predicted molar refractivity (Wildman–Crippen MR) is 108 cm³/mol. The molecular weight excluding hydrogens is 340 g/mol. The molecule has 0 spiro atoms. The van der Waals surface area contributed by atoms with E-state index in [9.17, 15) is 9.59 Å². The van der Waals surface area contributed by atoms with E-state index in [1.54, 1.807) is 6.07 Å². The van der Waals surface area contributed by atoms with Crippen molar-refractivity contribution >= 4 is 23.3 Å². The van der Waals surface area contributed by atoms with E-state index in [-0.39, 0.29) is 11.9 Å². The average molecular weight is 366 g/mol. The van der Waals surface area contributed by atoms with E-state index in [1.807, 2.05) is 61.3 Å². The first-order valence-corrected chi connectivity index (χ1v) is 9.27. The number of carbonyl (C=O) groups is 2. The predicted octanol–water partition coefficient (Wildman–Crippen LogP) is 3.46. The number of rotatable bonds is 4. The number of piperidine rings is 1. The van der Waals surface area contributed by atoms with Crippen LogP contribution in [0, 0.1) is 6.92 Å². The molecule has 0 bridgehead atoms. The molecule has 0 aliphatic carbocycles. The third kappa shape index (κ3) is 4.86. The molecule has 1 heterocycles. The van der Waals surface area contributed by atoms with Crippen molar-refractivity contribution in [1.82, 2.24) is 10.2 Å². The normalized spacial score (nSPS) is 16.7. The summed E-state index contributed by atoms with van der Waals surface area (Å²) in [5.41, 5.74) is 2.84. The molecule has 1 saturated heterocycles. The molecule has 0 saturated carbocycles. The van der Waals surface area contributed by atoms with Crippen molar-refractivity contribution in [3.8, 4) is 0 Å². The Morgan fingerprint density at radius 2 is 1.85 bits per heavy atom. The molecule has 1 atom stereocenters. The van der Waals surface area contributed by atoms with Crippen molar-refractivity contribution in [3.05, 3.63) is 59.7 Å². The van der Waals surface area contributed by atoms with Crippen LogP contribution in [0.4, 0.5) is 16.2 Å². The first kappa shape index (κ1) is 18.9. The van der Waals surface area contributed by atoms with Crippen LogP contribution in [-0.4, -0.2) is 43.0 Å². The number of nitrogens with one attached hydrogen (secondary N) is 3. The molecule has 2 aromatic carbocycles. The van der Waals surface area contributed by atoms with E-state index in [0.717, 1.165) is 24.9 Å². The summed E-state index contributed by atoms with van der Waals surface area (Å²) >= 11 is 0. The lowest BCUT2D eigenvalue weighted by Gasteiger charge is -2.32. The monoisotopic (exact) mass is 366 g/mol. The average Bonchev–Trinajstić information content (AvgIpc) is 2.70. The number of benzene rings is 2. The summed E-state index contributed by atoms with van der Waals surface area (Å²) < 4.78 is 0. The molecule has 3 amide bonds. The molecule has 3 rings (SSSR count). The van der Waals surface area contributed by atoms with E-state index in [4.69, 9.17) is 0 Å². The van der Waals surface area contributed by atoms with Gasteiger partial charge in [-0.15, -0.1) is 0 Å². The Hall–Kier alpha value is -2.86. The van der Waals surface area contributed by atoms with E-state index in [2.05, 4.69) is 16.0 Å². The van der Waals surface area contributed by atoms with Gasteiger partial charge in [0.15, 0.2) is 0 Å². The molecule has 1 fully saturated rings. The van der Waals surface area contributed by atoms with Gasteiger partial charge < -0.3 is 20.9 Å². The second-order valence-electron chi connectivity index (χ2n) is 6.85. The van der Waals surface area contributed by atoms with Crippen molar-refractivity contribution in [1.29, 1.82) is 0 Å². The lowest BCUT2D eigenvalue weighted by Crippen LogP contribution is -2.46. The maximum atomic E-state index is 12.9. The van der Waals surface area contributed by atoms with E-state index >= 15 is 0 Å². The van der Waals surface area contributed by atoms with Crippen LogP contribution in [0.2, 0.25) is 0 Å². The molecule has 1 aliphatic rings. The molecule has 1 aliphatic heterocycles. The van der Waals surface area contributed by atoms with Crippen LogP contribution in [-0.2, 0) is 0 Å². The highest BCUT2D eigenvalue weighted by atomic mass is 16.2. The number of para-hydroxylation sites is 1. The van der Waals surface area contributed by atoms with Gasteiger partial charge in [0.2, 0.25) is 0 Å². The zero-order valence-electron chi connectivity index (χ0n) is 15.8. The summed E-state index contributed by atoms with van der Waals surface area (Å²) in [6.45, 7) is 3.38. The van der Waals surface area contributed by atoms with Crippen LogP contribution in [0.5, 0.6) is 0 Å². The third-order valence-corrected chi connectivity index (χ3v) is 4.88. The SMILES string of the molecule is CNC1CCCN(C(=O)c2ccc(C)c(NC(=O)Nc3ccccc3)c2)C1. The number of nitrogens with zero attached hydrogens (tertiary/aromatic N) is 1. The van der Waals surface area contributed by atoms with Gasteiger partial charge in [-0.3, -0.25) is 4.79 Å². The molecule has 1 unspecified atom stereocenters. The molecule has 6 heteroatoms. The standard InChI is InChI=1S/C21H26N4O2/c1-15-10-11-16(20(26)25-12-6-9-18(14-25)22-2)13-19(15)24-21(27)23-17-7-4-3-5-8-17/h3-5,7-8,10-11,13,18,22H,6,9,12,14H2,1-2H3,(H2,23,24,27). The van der Waals surface area contributed by atoms with Gasteiger partial charge in [0, 0.05) is 36.1 Å². The van der Waals surface area contributed by atoms with Crippen molar-refractivity contribution < 1.29 is 9.59 Å². The molecule has 2 aromatic rings. The van der Waals surface area contributed by atoms with Crippen LogP contribution in [0.3, 0.4) is 0 Å². The van der Waals surface area contributed by atoms with Crippen LogP contribution < -0.4 is 16.0 Å². The highest BCUT2D eigenvalue weighted by Crippen LogP contribution is 2.20. The van der Waals surface area contributed by atoms with Crippen molar-refractivity contribution in [3.63, 3.8) is 0 Å². The topological polar surface area (TPSA) is 73.5 Å². The molecule has 27 heavy (non-hydrogen) atoms. The maximum Gasteiger partial charge on any atom is 0.323 e. The van der Waals surface area contributed by atoms with Gasteiger partial charge in [-0.05, 0) is 56.6 Å². The molecule has 0 radical (unpaired) electrons. The maximum absolute atomic E-state index is 12.9. The van der Waals surface area contributed by atoms with Gasteiger partial charge in [0.1, 0.15) is 0 Å². The Balaban J connectivity index is 1.70. The number of urea groups is 1. The second-order valence-corrected chi connectivity index (χ2v) is 6.85. The fraction of sp³-hybridized carbons (Fsp3) is 0.333. The molecule has 3 N–H and O–H groups in total. The minimum absolute atomic E-state index is 0.00136. The Labute approximate surface area is 159 Å². The summed E-state index contributed by atoms with van der Waals surface area (Å²) in [7, 11) is 1.93. The van der Waals surface area contributed by atoms with E-state index in [1.165, 1.54) is 0 Å². The number of carbonyl (C=O) groups excluding carboxylic acids is 2. The van der Waals surface area contributed by atoms with Gasteiger partial charge in [-0.25, -0.2) is 4.79 Å². The molecule has 142 valence electrons. The van der Waals surface area contributed by atoms with Crippen molar-refractivity contribution in [2.45, 2.75) is 25.8 Å². The number of anilines is 2. The number of hydrogen-bond donors (Lipinski definition) is 3. The second kappa shape index (κ2) is 8.68.